The molecule has 1 aromatic carbocycles. The molecule has 0 aliphatic carbocycles. The maximum atomic E-state index is 12.5. The van der Waals surface area contributed by atoms with Gasteiger partial charge in [-0.2, -0.15) is 0 Å². The summed E-state index contributed by atoms with van der Waals surface area (Å²) >= 11 is 5.82. The van der Waals surface area contributed by atoms with Crippen molar-refractivity contribution in [2.24, 2.45) is 0 Å². The van der Waals surface area contributed by atoms with E-state index in [0.717, 1.165) is 16.8 Å². The van der Waals surface area contributed by atoms with E-state index < -0.39 is 0 Å². The molecule has 5 N–H and O–H groups in total. The van der Waals surface area contributed by atoms with E-state index in [2.05, 4.69) is 15.3 Å². The number of anilines is 3. The van der Waals surface area contributed by atoms with Crippen LogP contribution in [0.1, 0.15) is 21.6 Å². The van der Waals surface area contributed by atoms with Crippen LogP contribution in [-0.2, 0) is 13.0 Å². The summed E-state index contributed by atoms with van der Waals surface area (Å²) in [7, 11) is 0. The number of ketones is 1. The molecule has 7 heteroatoms. The van der Waals surface area contributed by atoms with Gasteiger partial charge >= 0.3 is 0 Å². The maximum absolute atomic E-state index is 12.5. The van der Waals surface area contributed by atoms with Crippen LogP contribution in [0.2, 0.25) is 5.02 Å². The lowest BCUT2D eigenvalue weighted by Crippen LogP contribution is -2.10. The maximum Gasteiger partial charge on any atom is 0.187 e. The highest BCUT2D eigenvalue weighted by molar-refractivity contribution is 6.30. The summed E-state index contributed by atoms with van der Waals surface area (Å²) in [6, 6.07) is 12.9. The van der Waals surface area contributed by atoms with Crippen LogP contribution in [-0.4, -0.2) is 15.8 Å². The topological polar surface area (TPSA) is 107 Å². The van der Waals surface area contributed by atoms with Gasteiger partial charge < -0.3 is 16.8 Å². The zero-order valence-electron chi connectivity index (χ0n) is 13.9. The highest BCUT2D eigenvalue weighted by Gasteiger charge is 2.13. The second kappa shape index (κ2) is 7.84. The average molecular weight is 368 g/mol. The van der Waals surface area contributed by atoms with Crippen molar-refractivity contribution < 1.29 is 4.79 Å². The largest absolute Gasteiger partial charge is 0.397 e. The van der Waals surface area contributed by atoms with Crippen LogP contribution in [0.4, 0.5) is 17.2 Å². The number of hydrogen-bond acceptors (Lipinski definition) is 6. The number of aromatic nitrogens is 2. The minimum Gasteiger partial charge on any atom is -0.397 e. The lowest BCUT2D eigenvalue weighted by Gasteiger charge is -2.10. The molecular formula is C19H18ClN5O. The highest BCUT2D eigenvalue weighted by atomic mass is 35.5. The van der Waals surface area contributed by atoms with E-state index in [-0.39, 0.29) is 23.6 Å². The van der Waals surface area contributed by atoms with Crippen LogP contribution in [0.3, 0.4) is 0 Å². The first-order chi connectivity index (χ1) is 12.5. The standard InChI is InChI=1S/C19H18ClN5O/c20-14-9-15(21)18(25-11-14)17(26)8-12-3-1-4-13(7-12)10-24-16-5-2-6-23-19(16)22/h1-7,9,11,24H,8,10,21H2,(H2,22,23). The number of benzene rings is 1. The van der Waals surface area contributed by atoms with Crippen molar-refractivity contribution in [3.63, 3.8) is 0 Å². The van der Waals surface area contributed by atoms with Gasteiger partial charge in [-0.3, -0.25) is 4.79 Å². The molecule has 0 atom stereocenters. The zero-order chi connectivity index (χ0) is 18.5. The number of Topliss-reactive ketones (excluding diaryl/α,β-unsaturated/α-hetero) is 1. The predicted octanol–water partition coefficient (Wildman–Crippen LogP) is 3.33. The molecule has 0 saturated heterocycles. The van der Waals surface area contributed by atoms with Crippen LogP contribution >= 0.6 is 11.6 Å². The molecule has 26 heavy (non-hydrogen) atoms. The van der Waals surface area contributed by atoms with Gasteiger partial charge in [0.05, 0.1) is 16.4 Å². The molecule has 0 unspecified atom stereocenters. The molecule has 0 amide bonds. The molecule has 3 rings (SSSR count). The summed E-state index contributed by atoms with van der Waals surface area (Å²) in [5.41, 5.74) is 14.9. The summed E-state index contributed by atoms with van der Waals surface area (Å²) in [5.74, 6) is 0.295. The Bertz CT molecular complexity index is 945. The molecule has 0 spiro atoms. The molecule has 2 heterocycles. The second-order valence-electron chi connectivity index (χ2n) is 5.80. The fraction of sp³-hybridized carbons (Fsp3) is 0.105. The van der Waals surface area contributed by atoms with E-state index in [1.807, 2.05) is 36.4 Å². The zero-order valence-corrected chi connectivity index (χ0v) is 14.7. The average Bonchev–Trinajstić information content (AvgIpc) is 2.61. The van der Waals surface area contributed by atoms with E-state index in [4.69, 9.17) is 23.1 Å². The summed E-state index contributed by atoms with van der Waals surface area (Å²) in [6.07, 6.45) is 3.27. The lowest BCUT2D eigenvalue weighted by molar-refractivity contribution is 0.0989. The van der Waals surface area contributed by atoms with Gasteiger partial charge in [-0.1, -0.05) is 35.9 Å². The number of carbonyl (C=O) groups is 1. The van der Waals surface area contributed by atoms with Crippen molar-refractivity contribution >= 4 is 34.6 Å². The molecule has 0 aliphatic rings. The molecule has 0 saturated carbocycles. The third kappa shape index (κ3) is 4.29. The molecule has 0 bridgehead atoms. The van der Waals surface area contributed by atoms with Gasteiger partial charge in [-0.05, 0) is 29.3 Å². The van der Waals surface area contributed by atoms with Crippen LogP contribution in [0.15, 0.2) is 54.9 Å². The number of nitrogens with two attached hydrogens (primary N) is 2. The van der Waals surface area contributed by atoms with Gasteiger partial charge in [0.15, 0.2) is 5.78 Å². The number of carbonyl (C=O) groups excluding carboxylic acids is 1. The van der Waals surface area contributed by atoms with Crippen molar-refractivity contribution in [2.45, 2.75) is 13.0 Å². The number of halogens is 1. The minimum atomic E-state index is -0.152. The molecule has 3 aromatic rings. The monoisotopic (exact) mass is 367 g/mol. The number of nitrogen functional groups attached to an aromatic ring is 2. The van der Waals surface area contributed by atoms with Crippen molar-refractivity contribution in [2.75, 3.05) is 16.8 Å². The van der Waals surface area contributed by atoms with Crippen molar-refractivity contribution in [3.8, 4) is 0 Å². The van der Waals surface area contributed by atoms with Gasteiger partial charge in [0.2, 0.25) is 0 Å². The second-order valence-corrected chi connectivity index (χ2v) is 6.24. The first-order valence-electron chi connectivity index (χ1n) is 7.99. The Labute approximate surface area is 156 Å². The Morgan fingerprint density at radius 3 is 2.65 bits per heavy atom. The summed E-state index contributed by atoms with van der Waals surface area (Å²) in [5, 5.41) is 3.64. The fourth-order valence-electron chi connectivity index (χ4n) is 2.57. The molecule has 132 valence electrons. The first kappa shape index (κ1) is 17.7. The van der Waals surface area contributed by atoms with Crippen LogP contribution in [0, 0.1) is 0 Å². The van der Waals surface area contributed by atoms with Gasteiger partial charge in [0.25, 0.3) is 0 Å². The highest BCUT2D eigenvalue weighted by Crippen LogP contribution is 2.19. The number of pyridine rings is 2. The Kier molecular flexibility index (Phi) is 5.34. The third-order valence-corrected chi connectivity index (χ3v) is 4.03. The fourth-order valence-corrected chi connectivity index (χ4v) is 2.74. The van der Waals surface area contributed by atoms with Gasteiger partial charge in [0.1, 0.15) is 11.5 Å². The molecular weight excluding hydrogens is 350 g/mol. The predicted molar refractivity (Wildman–Crippen MR) is 104 cm³/mol. The van der Waals surface area contributed by atoms with Crippen molar-refractivity contribution in [1.82, 2.24) is 9.97 Å². The lowest BCUT2D eigenvalue weighted by atomic mass is 10.0. The molecule has 0 fully saturated rings. The SMILES string of the molecule is Nc1cc(Cl)cnc1C(=O)Cc1cccc(CNc2cccnc2N)c1. The number of nitrogens with zero attached hydrogens (tertiary/aromatic N) is 2. The molecule has 0 aliphatic heterocycles. The van der Waals surface area contributed by atoms with Crippen LogP contribution in [0.5, 0.6) is 0 Å². The summed E-state index contributed by atoms with van der Waals surface area (Å²) in [6.45, 7) is 0.569. The number of nitrogens with one attached hydrogen (secondary N) is 1. The quantitative estimate of drug-likeness (QED) is 0.577. The smallest absolute Gasteiger partial charge is 0.187 e. The van der Waals surface area contributed by atoms with Gasteiger partial charge in [0, 0.05) is 25.4 Å². The number of rotatable bonds is 6. The Hall–Kier alpha value is -3.12. The minimum absolute atomic E-state index is 0.152. The Balaban J connectivity index is 1.69. The first-order valence-corrected chi connectivity index (χ1v) is 8.37. The van der Waals surface area contributed by atoms with Gasteiger partial charge in [-0.15, -0.1) is 0 Å². The van der Waals surface area contributed by atoms with E-state index >= 15 is 0 Å². The third-order valence-electron chi connectivity index (χ3n) is 3.83. The number of hydrogen-bond donors (Lipinski definition) is 3. The molecule has 0 radical (unpaired) electrons. The van der Waals surface area contributed by atoms with E-state index in [1.54, 1.807) is 6.20 Å². The van der Waals surface area contributed by atoms with Crippen molar-refractivity contribution in [1.29, 1.82) is 0 Å². The Morgan fingerprint density at radius 1 is 1.08 bits per heavy atom. The van der Waals surface area contributed by atoms with Crippen LogP contribution in [0.25, 0.3) is 0 Å². The molecule has 2 aromatic heterocycles. The molecule has 6 nitrogen and oxygen atoms in total. The van der Waals surface area contributed by atoms with Gasteiger partial charge in [-0.25, -0.2) is 9.97 Å². The Morgan fingerprint density at radius 2 is 1.88 bits per heavy atom. The van der Waals surface area contributed by atoms with E-state index in [0.29, 0.717) is 17.4 Å². The summed E-state index contributed by atoms with van der Waals surface area (Å²) < 4.78 is 0. The van der Waals surface area contributed by atoms with Crippen molar-refractivity contribution in [3.05, 3.63) is 76.7 Å². The summed E-state index contributed by atoms with van der Waals surface area (Å²) in [4.78, 5) is 20.5. The van der Waals surface area contributed by atoms with E-state index in [9.17, 15) is 4.79 Å². The van der Waals surface area contributed by atoms with E-state index in [1.165, 1.54) is 12.3 Å². The normalized spacial score (nSPS) is 10.5. The van der Waals surface area contributed by atoms with Crippen LogP contribution < -0.4 is 16.8 Å².